The molecule has 1 aromatic rings. The summed E-state index contributed by atoms with van der Waals surface area (Å²) in [6.45, 7) is 3.29. The van der Waals surface area contributed by atoms with E-state index in [0.29, 0.717) is 4.90 Å². The average Bonchev–Trinajstić information content (AvgIpc) is 2.46. The van der Waals surface area contributed by atoms with Gasteiger partial charge in [0.25, 0.3) is 0 Å². The van der Waals surface area contributed by atoms with E-state index in [4.69, 9.17) is 4.74 Å². The van der Waals surface area contributed by atoms with E-state index in [2.05, 4.69) is 4.90 Å². The fourth-order valence-corrected chi connectivity index (χ4v) is 3.83. The van der Waals surface area contributed by atoms with Crippen LogP contribution in [0.25, 0.3) is 0 Å². The highest BCUT2D eigenvalue weighted by molar-refractivity contribution is 7.90. The standard InChI is InChI=1S/C16H23NO3S/c1-21(18,19)15-8-6-13-5-7-14(20-16(13)11-15)12-17-9-3-2-4-10-17/h6,8,11,14H,2-5,7,9-10,12H2,1H3. The topological polar surface area (TPSA) is 46.6 Å². The van der Waals surface area contributed by atoms with Gasteiger partial charge < -0.3 is 4.74 Å². The van der Waals surface area contributed by atoms with Gasteiger partial charge in [0, 0.05) is 12.8 Å². The second kappa shape index (κ2) is 5.97. The number of fused-ring (bicyclic) bond motifs is 1. The Bertz CT molecular complexity index is 606. The molecule has 1 saturated heterocycles. The minimum Gasteiger partial charge on any atom is -0.489 e. The van der Waals surface area contributed by atoms with Crippen LogP contribution in [-0.2, 0) is 16.3 Å². The zero-order valence-electron chi connectivity index (χ0n) is 12.5. The number of piperidine rings is 1. The Hall–Kier alpha value is -1.07. The fraction of sp³-hybridized carbons (Fsp3) is 0.625. The summed E-state index contributed by atoms with van der Waals surface area (Å²) in [6.07, 6.45) is 7.30. The molecule has 0 saturated carbocycles. The first kappa shape index (κ1) is 14.9. The Balaban J connectivity index is 1.71. The Morgan fingerprint density at radius 3 is 2.71 bits per heavy atom. The normalized spacial score (nSPS) is 23.4. The molecule has 2 aliphatic rings. The van der Waals surface area contributed by atoms with Crippen LogP contribution in [0.2, 0.25) is 0 Å². The lowest BCUT2D eigenvalue weighted by molar-refractivity contribution is 0.103. The van der Waals surface area contributed by atoms with Crippen molar-refractivity contribution in [1.82, 2.24) is 4.90 Å². The van der Waals surface area contributed by atoms with Gasteiger partial charge in [-0.15, -0.1) is 0 Å². The van der Waals surface area contributed by atoms with E-state index in [1.54, 1.807) is 12.1 Å². The van der Waals surface area contributed by atoms with E-state index in [1.807, 2.05) is 6.07 Å². The number of rotatable bonds is 3. The predicted molar refractivity (Wildman–Crippen MR) is 82.6 cm³/mol. The van der Waals surface area contributed by atoms with Crippen molar-refractivity contribution in [2.24, 2.45) is 0 Å². The molecular formula is C16H23NO3S. The summed E-state index contributed by atoms with van der Waals surface area (Å²) >= 11 is 0. The molecule has 3 rings (SSSR count). The molecule has 21 heavy (non-hydrogen) atoms. The molecule has 0 spiro atoms. The molecule has 1 atom stereocenters. The van der Waals surface area contributed by atoms with Gasteiger partial charge in [0.2, 0.25) is 0 Å². The Morgan fingerprint density at radius 2 is 2.00 bits per heavy atom. The van der Waals surface area contributed by atoms with E-state index in [-0.39, 0.29) is 6.10 Å². The number of aryl methyl sites for hydroxylation is 1. The summed E-state index contributed by atoms with van der Waals surface area (Å²) < 4.78 is 29.4. The molecule has 2 heterocycles. The van der Waals surface area contributed by atoms with Crippen LogP contribution in [0, 0.1) is 0 Å². The molecule has 5 heteroatoms. The molecule has 0 N–H and O–H groups in total. The van der Waals surface area contributed by atoms with E-state index in [0.717, 1.165) is 43.8 Å². The Morgan fingerprint density at radius 1 is 1.24 bits per heavy atom. The van der Waals surface area contributed by atoms with Crippen LogP contribution in [0.5, 0.6) is 5.75 Å². The number of hydrogen-bond donors (Lipinski definition) is 0. The largest absolute Gasteiger partial charge is 0.489 e. The summed E-state index contributed by atoms with van der Waals surface area (Å²) in [5.74, 6) is 0.756. The maximum atomic E-state index is 11.7. The minimum atomic E-state index is -3.17. The van der Waals surface area contributed by atoms with Gasteiger partial charge in [0.05, 0.1) is 4.90 Å². The number of hydrogen-bond acceptors (Lipinski definition) is 4. The third-order valence-corrected chi connectivity index (χ3v) is 5.52. The van der Waals surface area contributed by atoms with Crippen molar-refractivity contribution in [2.75, 3.05) is 25.9 Å². The molecule has 0 aliphatic carbocycles. The number of sulfone groups is 1. The second-order valence-electron chi connectivity index (χ2n) is 6.18. The Labute approximate surface area is 127 Å². The van der Waals surface area contributed by atoms with Crippen molar-refractivity contribution in [3.05, 3.63) is 23.8 Å². The fourth-order valence-electron chi connectivity index (χ4n) is 3.20. The third kappa shape index (κ3) is 3.58. The summed E-state index contributed by atoms with van der Waals surface area (Å²) in [4.78, 5) is 2.82. The third-order valence-electron chi connectivity index (χ3n) is 4.41. The van der Waals surface area contributed by atoms with Gasteiger partial charge in [-0.05, 0) is 56.5 Å². The second-order valence-corrected chi connectivity index (χ2v) is 8.20. The van der Waals surface area contributed by atoms with Gasteiger partial charge in [0.15, 0.2) is 9.84 Å². The molecule has 2 aliphatic heterocycles. The molecule has 0 bridgehead atoms. The maximum Gasteiger partial charge on any atom is 0.175 e. The van der Waals surface area contributed by atoms with Crippen molar-refractivity contribution in [1.29, 1.82) is 0 Å². The zero-order valence-corrected chi connectivity index (χ0v) is 13.4. The lowest BCUT2D eigenvalue weighted by Gasteiger charge is -2.33. The van der Waals surface area contributed by atoms with Gasteiger partial charge in [-0.3, -0.25) is 4.90 Å². The predicted octanol–water partition coefficient (Wildman–Crippen LogP) is 2.27. The van der Waals surface area contributed by atoms with Crippen LogP contribution < -0.4 is 4.74 Å². The minimum absolute atomic E-state index is 0.186. The quantitative estimate of drug-likeness (QED) is 0.859. The molecule has 0 aromatic heterocycles. The van der Waals surface area contributed by atoms with Gasteiger partial charge in [0.1, 0.15) is 11.9 Å². The van der Waals surface area contributed by atoms with Gasteiger partial charge in [-0.2, -0.15) is 0 Å². The molecule has 0 radical (unpaired) electrons. The van der Waals surface area contributed by atoms with Crippen molar-refractivity contribution >= 4 is 9.84 Å². The first-order valence-corrected chi connectivity index (χ1v) is 9.63. The van der Waals surface area contributed by atoms with Gasteiger partial charge in [-0.1, -0.05) is 12.5 Å². The van der Waals surface area contributed by atoms with Crippen LogP contribution in [0.4, 0.5) is 0 Å². The first-order valence-electron chi connectivity index (χ1n) is 7.74. The molecule has 1 unspecified atom stereocenters. The molecule has 0 amide bonds. The highest BCUT2D eigenvalue weighted by atomic mass is 32.2. The zero-order chi connectivity index (χ0) is 14.9. The number of nitrogens with zero attached hydrogens (tertiary/aromatic N) is 1. The van der Waals surface area contributed by atoms with Crippen LogP contribution in [0.15, 0.2) is 23.1 Å². The highest BCUT2D eigenvalue weighted by Crippen LogP contribution is 2.30. The maximum absolute atomic E-state index is 11.7. The van der Waals surface area contributed by atoms with Crippen LogP contribution >= 0.6 is 0 Å². The van der Waals surface area contributed by atoms with Crippen molar-refractivity contribution in [3.63, 3.8) is 0 Å². The lowest BCUT2D eigenvalue weighted by atomic mass is 10.0. The summed E-state index contributed by atoms with van der Waals surface area (Å²) in [5, 5.41) is 0. The highest BCUT2D eigenvalue weighted by Gasteiger charge is 2.24. The molecule has 116 valence electrons. The van der Waals surface area contributed by atoms with Gasteiger partial charge in [-0.25, -0.2) is 8.42 Å². The SMILES string of the molecule is CS(=O)(=O)c1ccc2c(c1)OC(CN1CCCCC1)CC2. The van der Waals surface area contributed by atoms with Crippen molar-refractivity contribution in [2.45, 2.75) is 43.1 Å². The van der Waals surface area contributed by atoms with Crippen LogP contribution in [0.3, 0.4) is 0 Å². The summed E-state index contributed by atoms with van der Waals surface area (Å²) in [5.41, 5.74) is 1.12. The van der Waals surface area contributed by atoms with Crippen LogP contribution in [0.1, 0.15) is 31.2 Å². The first-order chi connectivity index (χ1) is 10.0. The molecule has 1 fully saturated rings. The monoisotopic (exact) mass is 309 g/mol. The van der Waals surface area contributed by atoms with Crippen molar-refractivity contribution in [3.8, 4) is 5.75 Å². The Kier molecular flexibility index (Phi) is 4.22. The van der Waals surface area contributed by atoms with E-state index in [1.165, 1.54) is 25.5 Å². The number of likely N-dealkylation sites (tertiary alicyclic amines) is 1. The van der Waals surface area contributed by atoms with Crippen molar-refractivity contribution < 1.29 is 13.2 Å². The molecule has 1 aromatic carbocycles. The van der Waals surface area contributed by atoms with Gasteiger partial charge >= 0.3 is 0 Å². The summed E-state index contributed by atoms with van der Waals surface area (Å²) in [7, 11) is -3.17. The van der Waals surface area contributed by atoms with Crippen LogP contribution in [-0.4, -0.2) is 45.3 Å². The molecular weight excluding hydrogens is 286 g/mol. The van der Waals surface area contributed by atoms with E-state index >= 15 is 0 Å². The number of benzene rings is 1. The van der Waals surface area contributed by atoms with E-state index < -0.39 is 9.84 Å². The van der Waals surface area contributed by atoms with E-state index in [9.17, 15) is 8.42 Å². The smallest absolute Gasteiger partial charge is 0.175 e. The average molecular weight is 309 g/mol. The molecule has 4 nitrogen and oxygen atoms in total. The lowest BCUT2D eigenvalue weighted by Crippen LogP contribution is -2.40. The number of ether oxygens (including phenoxy) is 1. The summed E-state index contributed by atoms with van der Waals surface area (Å²) in [6, 6.07) is 5.26.